The van der Waals surface area contributed by atoms with Crippen LogP contribution < -0.4 is 10.6 Å². The third-order valence-corrected chi connectivity index (χ3v) is 5.11. The molecule has 3 N–H and O–H groups in total. The van der Waals surface area contributed by atoms with Crippen molar-refractivity contribution in [3.63, 3.8) is 0 Å². The van der Waals surface area contributed by atoms with Gasteiger partial charge in [-0.2, -0.15) is 0 Å². The smallest absolute Gasteiger partial charge is 0.275 e. The third-order valence-electron chi connectivity index (χ3n) is 5.11. The highest BCUT2D eigenvalue weighted by Crippen LogP contribution is 2.19. The predicted octanol–water partition coefficient (Wildman–Crippen LogP) is 4.48. The molecule has 4 aromatic rings. The van der Waals surface area contributed by atoms with Crippen LogP contribution in [0.2, 0.25) is 0 Å². The molecule has 0 unspecified atom stereocenters. The molecule has 0 fully saturated rings. The molecule has 0 aliphatic heterocycles. The number of rotatable bonds is 6. The summed E-state index contributed by atoms with van der Waals surface area (Å²) < 4.78 is 0. The Bertz CT molecular complexity index is 1150. The highest BCUT2D eigenvalue weighted by Gasteiger charge is 2.11. The van der Waals surface area contributed by atoms with Crippen molar-refractivity contribution in [2.75, 3.05) is 17.2 Å². The Hall–Kier alpha value is -3.67. The number of hydrogen-bond acceptors (Lipinski definition) is 4. The molecule has 0 atom stereocenters. The molecule has 0 saturated heterocycles. The third kappa shape index (κ3) is 4.11. The van der Waals surface area contributed by atoms with Gasteiger partial charge < -0.3 is 15.6 Å². The lowest BCUT2D eigenvalue weighted by atomic mass is 10.1. The Kier molecular flexibility index (Phi) is 5.24. The molecule has 0 aliphatic rings. The van der Waals surface area contributed by atoms with Gasteiger partial charge >= 0.3 is 0 Å². The van der Waals surface area contributed by atoms with E-state index in [9.17, 15) is 4.79 Å². The summed E-state index contributed by atoms with van der Waals surface area (Å²) in [5.41, 5.74) is 5.64. The molecule has 2 heterocycles. The van der Waals surface area contributed by atoms with Crippen molar-refractivity contribution in [2.24, 2.45) is 0 Å². The number of aryl methyl sites for hydroxylation is 1. The van der Waals surface area contributed by atoms with Crippen molar-refractivity contribution in [1.82, 2.24) is 15.0 Å². The molecule has 2 aromatic heterocycles. The van der Waals surface area contributed by atoms with E-state index in [0.717, 1.165) is 35.3 Å². The number of H-pyrrole nitrogens is 1. The highest BCUT2D eigenvalue weighted by atomic mass is 16.1. The van der Waals surface area contributed by atoms with Gasteiger partial charge in [0, 0.05) is 29.3 Å². The number of hydrogen-bond donors (Lipinski definition) is 3. The zero-order chi connectivity index (χ0) is 20.2. The molecule has 1 amide bonds. The number of carbonyl (C=O) groups is 1. The fourth-order valence-corrected chi connectivity index (χ4v) is 3.27. The molecule has 0 saturated carbocycles. The van der Waals surface area contributed by atoms with Crippen molar-refractivity contribution < 1.29 is 4.79 Å². The molecule has 146 valence electrons. The molecule has 0 bridgehead atoms. The summed E-state index contributed by atoms with van der Waals surface area (Å²) in [6.07, 6.45) is 5.99. The van der Waals surface area contributed by atoms with Crippen LogP contribution in [0.5, 0.6) is 0 Å². The lowest BCUT2D eigenvalue weighted by Crippen LogP contribution is -2.15. The van der Waals surface area contributed by atoms with Crippen molar-refractivity contribution in [3.8, 4) is 0 Å². The van der Waals surface area contributed by atoms with E-state index in [2.05, 4.69) is 37.7 Å². The average molecular weight is 385 g/mol. The standard InChI is InChI=1S/C23H23N5O/c1-15-6-5-9-19(16(15)2)28-23(29)21-13-27-22(14-26-21)24-11-10-17-12-25-20-8-4-3-7-18(17)20/h3-9,12-14,25H,10-11H2,1-2H3,(H,24,27)(H,28,29). The summed E-state index contributed by atoms with van der Waals surface area (Å²) in [7, 11) is 0. The van der Waals surface area contributed by atoms with Crippen LogP contribution in [0.4, 0.5) is 11.5 Å². The zero-order valence-corrected chi connectivity index (χ0v) is 16.5. The Labute approximate surface area is 169 Å². The van der Waals surface area contributed by atoms with Gasteiger partial charge in [0.2, 0.25) is 0 Å². The Balaban J connectivity index is 1.35. The van der Waals surface area contributed by atoms with E-state index in [0.29, 0.717) is 5.82 Å². The molecular formula is C23H23N5O. The van der Waals surface area contributed by atoms with E-state index < -0.39 is 0 Å². The molecule has 0 radical (unpaired) electrons. The van der Waals surface area contributed by atoms with Crippen LogP contribution in [0.1, 0.15) is 27.2 Å². The van der Waals surface area contributed by atoms with Crippen LogP contribution in [0.25, 0.3) is 10.9 Å². The zero-order valence-electron chi connectivity index (χ0n) is 16.5. The summed E-state index contributed by atoms with van der Waals surface area (Å²) in [6, 6.07) is 14.1. The van der Waals surface area contributed by atoms with E-state index in [-0.39, 0.29) is 11.6 Å². The molecule has 29 heavy (non-hydrogen) atoms. The van der Waals surface area contributed by atoms with Crippen LogP contribution in [0, 0.1) is 13.8 Å². The van der Waals surface area contributed by atoms with Crippen LogP contribution in [-0.2, 0) is 6.42 Å². The fraction of sp³-hybridized carbons (Fsp3) is 0.174. The maximum atomic E-state index is 12.4. The maximum absolute atomic E-state index is 12.4. The largest absolute Gasteiger partial charge is 0.368 e. The Morgan fingerprint density at radius 2 is 1.90 bits per heavy atom. The number of para-hydroxylation sites is 1. The topological polar surface area (TPSA) is 82.7 Å². The van der Waals surface area contributed by atoms with Gasteiger partial charge in [0.1, 0.15) is 11.5 Å². The number of amides is 1. The van der Waals surface area contributed by atoms with Crippen LogP contribution >= 0.6 is 0 Å². The molecule has 4 rings (SSSR count). The second kappa shape index (κ2) is 8.14. The second-order valence-electron chi connectivity index (χ2n) is 7.02. The summed E-state index contributed by atoms with van der Waals surface area (Å²) in [6.45, 7) is 4.73. The van der Waals surface area contributed by atoms with Crippen LogP contribution in [0.15, 0.2) is 61.1 Å². The van der Waals surface area contributed by atoms with Gasteiger partial charge in [-0.25, -0.2) is 9.97 Å². The van der Waals surface area contributed by atoms with E-state index >= 15 is 0 Å². The first-order valence-corrected chi connectivity index (χ1v) is 9.60. The van der Waals surface area contributed by atoms with E-state index in [1.807, 2.05) is 50.4 Å². The lowest BCUT2D eigenvalue weighted by Gasteiger charge is -2.10. The average Bonchev–Trinajstić information content (AvgIpc) is 3.15. The van der Waals surface area contributed by atoms with Crippen molar-refractivity contribution >= 4 is 28.3 Å². The summed E-state index contributed by atoms with van der Waals surface area (Å²) in [5.74, 6) is 0.379. The number of carbonyl (C=O) groups excluding carboxylic acids is 1. The molecular weight excluding hydrogens is 362 g/mol. The van der Waals surface area contributed by atoms with Crippen molar-refractivity contribution in [2.45, 2.75) is 20.3 Å². The summed E-state index contributed by atoms with van der Waals surface area (Å²) in [4.78, 5) is 24.3. The van der Waals surface area contributed by atoms with Crippen molar-refractivity contribution in [3.05, 3.63) is 83.4 Å². The molecule has 0 spiro atoms. The number of aromatic nitrogens is 3. The first kappa shape index (κ1) is 18.7. The Morgan fingerprint density at radius 1 is 1.03 bits per heavy atom. The molecule has 2 aromatic carbocycles. The van der Waals surface area contributed by atoms with Gasteiger partial charge in [-0.15, -0.1) is 0 Å². The molecule has 6 nitrogen and oxygen atoms in total. The maximum Gasteiger partial charge on any atom is 0.275 e. The number of nitrogens with zero attached hydrogens (tertiary/aromatic N) is 2. The quantitative estimate of drug-likeness (QED) is 0.457. The SMILES string of the molecule is Cc1cccc(NC(=O)c2cnc(NCCc3c[nH]c4ccccc34)cn2)c1C. The van der Waals surface area contributed by atoms with E-state index in [1.165, 1.54) is 17.1 Å². The van der Waals surface area contributed by atoms with Gasteiger partial charge in [0.05, 0.1) is 12.4 Å². The fourth-order valence-electron chi connectivity index (χ4n) is 3.27. The van der Waals surface area contributed by atoms with Gasteiger partial charge in [0.15, 0.2) is 0 Å². The van der Waals surface area contributed by atoms with Gasteiger partial charge in [-0.05, 0) is 49.1 Å². The predicted molar refractivity (Wildman–Crippen MR) is 116 cm³/mol. The minimum Gasteiger partial charge on any atom is -0.368 e. The van der Waals surface area contributed by atoms with Gasteiger partial charge in [-0.1, -0.05) is 30.3 Å². The minimum absolute atomic E-state index is 0.267. The normalized spacial score (nSPS) is 10.8. The number of aromatic amines is 1. The van der Waals surface area contributed by atoms with E-state index in [1.54, 1.807) is 6.20 Å². The molecule has 0 aliphatic carbocycles. The lowest BCUT2D eigenvalue weighted by molar-refractivity contribution is 0.102. The monoisotopic (exact) mass is 385 g/mol. The van der Waals surface area contributed by atoms with Crippen molar-refractivity contribution in [1.29, 1.82) is 0 Å². The summed E-state index contributed by atoms with van der Waals surface area (Å²) >= 11 is 0. The first-order valence-electron chi connectivity index (χ1n) is 9.60. The molecule has 6 heteroatoms. The number of benzene rings is 2. The van der Waals surface area contributed by atoms with Crippen LogP contribution in [0.3, 0.4) is 0 Å². The van der Waals surface area contributed by atoms with Crippen LogP contribution in [-0.4, -0.2) is 27.4 Å². The number of fused-ring (bicyclic) bond motifs is 1. The number of nitrogens with one attached hydrogen (secondary N) is 3. The second-order valence-corrected chi connectivity index (χ2v) is 7.02. The van der Waals surface area contributed by atoms with Gasteiger partial charge in [-0.3, -0.25) is 4.79 Å². The number of anilines is 2. The highest BCUT2D eigenvalue weighted by molar-refractivity contribution is 6.03. The van der Waals surface area contributed by atoms with E-state index in [4.69, 9.17) is 0 Å². The van der Waals surface area contributed by atoms with Gasteiger partial charge in [0.25, 0.3) is 5.91 Å². The summed E-state index contributed by atoms with van der Waals surface area (Å²) in [5, 5.41) is 7.40. The Morgan fingerprint density at radius 3 is 2.72 bits per heavy atom. The first-order chi connectivity index (χ1) is 14.1. The minimum atomic E-state index is -0.267.